The highest BCUT2D eigenvalue weighted by molar-refractivity contribution is 6.28. The van der Waals surface area contributed by atoms with Crippen LogP contribution in [-0.4, -0.2) is 0 Å². The van der Waals surface area contributed by atoms with Gasteiger partial charge in [0, 0.05) is 33.3 Å². The molecule has 0 aliphatic carbocycles. The van der Waals surface area contributed by atoms with Gasteiger partial charge < -0.3 is 9.80 Å². The van der Waals surface area contributed by atoms with Crippen molar-refractivity contribution >= 4 is 66.4 Å². The summed E-state index contributed by atoms with van der Waals surface area (Å²) in [6.45, 7) is 15.6. The maximum absolute atomic E-state index is 19.1. The molecule has 12 aromatic carbocycles. The van der Waals surface area contributed by atoms with Gasteiger partial charge in [0.25, 0.3) is 0 Å². The number of anilines is 6. The van der Waals surface area contributed by atoms with Crippen LogP contribution in [0.5, 0.6) is 0 Å². The summed E-state index contributed by atoms with van der Waals surface area (Å²) in [5.74, 6) is -1.38. The van der Waals surface area contributed by atoms with Crippen molar-refractivity contribution in [2.45, 2.75) is 55.4 Å². The van der Waals surface area contributed by atoms with Crippen LogP contribution in [0, 0.1) is 67.0 Å². The first-order valence-electron chi connectivity index (χ1n) is 30.4. The van der Waals surface area contributed by atoms with E-state index in [9.17, 15) is 5.48 Å². The number of para-hydroxylation sites is 2. The predicted molar refractivity (Wildman–Crippen MR) is 319 cm³/mol. The van der Waals surface area contributed by atoms with E-state index in [0.717, 1.165) is 55.6 Å². The Morgan fingerprint density at radius 3 is 0.921 bits per heavy atom. The summed E-state index contributed by atoms with van der Waals surface area (Å²) >= 11 is 0. The van der Waals surface area contributed by atoms with Crippen molar-refractivity contribution in [2.24, 2.45) is 0 Å². The Hall–Kier alpha value is -8.86. The van der Waals surface area contributed by atoms with E-state index < -0.39 is 72.1 Å². The van der Waals surface area contributed by atoms with Crippen LogP contribution in [0.3, 0.4) is 0 Å². The Balaban J connectivity index is 1.19. The Kier molecular flexibility index (Phi) is 9.51. The Labute approximate surface area is 459 Å². The number of hydrogen-bond donors (Lipinski definition) is 0. The monoisotopic (exact) mass is 999 g/mol. The second kappa shape index (κ2) is 19.1. The van der Waals surface area contributed by atoms with Gasteiger partial charge in [0.2, 0.25) is 0 Å². The zero-order chi connectivity index (χ0) is 61.2. The van der Waals surface area contributed by atoms with Crippen molar-refractivity contribution in [3.63, 3.8) is 0 Å². The molecule has 0 atom stereocenters. The minimum Gasteiger partial charge on any atom is -0.307 e. The zero-order valence-electron chi connectivity index (χ0n) is 53.5. The molecule has 12 rings (SSSR count). The molecule has 0 aliphatic heterocycles. The smallest absolute Gasteiger partial charge is 0.155 e. The van der Waals surface area contributed by atoms with Crippen molar-refractivity contribution < 1.29 is 22.5 Å². The highest BCUT2D eigenvalue weighted by Gasteiger charge is 2.30. The Morgan fingerprint density at radius 2 is 0.592 bits per heavy atom. The summed E-state index contributed by atoms with van der Waals surface area (Å²) in [4.78, 5) is 2.85. The van der Waals surface area contributed by atoms with Crippen molar-refractivity contribution in [1.82, 2.24) is 0 Å². The fourth-order valence-electron chi connectivity index (χ4n) is 11.9. The first kappa shape index (κ1) is 37.8. The third-order valence-electron chi connectivity index (χ3n) is 15.2. The van der Waals surface area contributed by atoms with Crippen LogP contribution in [0.25, 0.3) is 76.8 Å². The van der Waals surface area contributed by atoms with E-state index in [1.807, 2.05) is 177 Å². The van der Waals surface area contributed by atoms with Crippen LogP contribution in [0.2, 0.25) is 0 Å². The molecular formula is C72H58F2N2. The molecule has 0 aliphatic rings. The van der Waals surface area contributed by atoms with E-state index in [0.29, 0.717) is 54.6 Å². The van der Waals surface area contributed by atoms with Gasteiger partial charge in [0.1, 0.15) is 0 Å². The molecule has 0 radical (unpaired) electrons. The largest absolute Gasteiger partial charge is 0.307 e. The Bertz CT molecular complexity index is 4420. The van der Waals surface area contributed by atoms with E-state index in [1.165, 1.54) is 9.80 Å². The summed E-state index contributed by atoms with van der Waals surface area (Å²) in [5.41, 5.74) is 11.4. The normalized spacial score (nSPS) is 13.4. The minimum absolute atomic E-state index is 0.0845. The molecule has 0 bridgehead atoms. The van der Waals surface area contributed by atoms with Crippen LogP contribution < -0.4 is 9.80 Å². The summed E-state index contributed by atoms with van der Waals surface area (Å²) in [7, 11) is 0. The van der Waals surface area contributed by atoms with E-state index >= 15 is 8.78 Å². The lowest BCUT2D eigenvalue weighted by Crippen LogP contribution is -2.14. The van der Waals surface area contributed by atoms with Gasteiger partial charge in [-0.05, 0) is 203 Å². The van der Waals surface area contributed by atoms with E-state index in [2.05, 4.69) is 0 Å². The van der Waals surface area contributed by atoms with Crippen LogP contribution >= 0.6 is 0 Å². The molecule has 76 heavy (non-hydrogen) atoms. The molecule has 0 spiro atoms. The highest BCUT2D eigenvalue weighted by Crippen LogP contribution is 2.52. The van der Waals surface area contributed by atoms with Crippen molar-refractivity contribution in [3.8, 4) is 44.5 Å². The van der Waals surface area contributed by atoms with Gasteiger partial charge in [0.05, 0.1) is 36.5 Å². The number of aryl methyl sites for hydroxylation is 8. The van der Waals surface area contributed by atoms with E-state index in [-0.39, 0.29) is 45.3 Å². The molecule has 0 amide bonds. The van der Waals surface area contributed by atoms with Crippen LogP contribution in [0.15, 0.2) is 206 Å². The standard InChI is InChI=1S/C72H58F2N2/c1-43-19-15-20-44(2)63(43)57-37-41-61(71(73)69(57)65-47(5)23-17-24-48(65)6)75(53-27-11-9-12-28-53)59-39-33-51-32-36-56-60(40-34-52-31-35-55(59)67(51)68(52)56)76(54-29-13-10-14-30-54)62-42-38-58(64-45(3)21-16-22-46(64)4)70(72(62)74)66-49(7)25-18-26-50(66)8/h9-42H,1-8H3/i9D,10D,11D,12D,13D,14D,27D,28D,29D,30D. The SMILES string of the molecule is [2H]c1c([2H])c([2H])c(N(c2ccc(-c3c(C)cccc3C)c(-c3c(C)cccc3C)c2F)c2ccc3ccc4c(N(c5ccc(-c6c(C)cccc6C)c(-c6c(C)cccc6C)c5F)c5c([2H])c([2H])c([2H])c([2H])c5[2H])ccc5ccc2c3c54)c([2H])c1[2H]. The molecule has 4 heteroatoms. The van der Waals surface area contributed by atoms with E-state index in [4.69, 9.17) is 8.22 Å². The zero-order valence-corrected chi connectivity index (χ0v) is 43.5. The predicted octanol–water partition coefficient (Wildman–Crippen LogP) is 20.9. The summed E-state index contributed by atoms with van der Waals surface area (Å²) in [5, 5.41) is 3.62. The van der Waals surface area contributed by atoms with Crippen molar-refractivity contribution in [3.05, 3.63) is 262 Å². The van der Waals surface area contributed by atoms with Gasteiger partial charge in [-0.1, -0.05) is 158 Å². The minimum atomic E-state index is -0.692. The van der Waals surface area contributed by atoms with Gasteiger partial charge in [-0.3, -0.25) is 0 Å². The lowest BCUT2D eigenvalue weighted by atomic mass is 9.85. The summed E-state index contributed by atoms with van der Waals surface area (Å²) < 4.78 is 130. The van der Waals surface area contributed by atoms with Crippen molar-refractivity contribution in [1.29, 1.82) is 0 Å². The average Bonchev–Trinajstić information content (AvgIpc) is 0.791. The molecule has 0 aromatic heterocycles. The van der Waals surface area contributed by atoms with Crippen molar-refractivity contribution in [2.75, 3.05) is 9.80 Å². The third-order valence-corrected chi connectivity index (χ3v) is 15.2. The second-order valence-corrected chi connectivity index (χ2v) is 19.9. The maximum Gasteiger partial charge on any atom is 0.155 e. The molecule has 0 unspecified atom stereocenters. The molecule has 0 heterocycles. The van der Waals surface area contributed by atoms with Gasteiger partial charge in [-0.25, -0.2) is 8.78 Å². The fraction of sp³-hybridized carbons (Fsp3) is 0.111. The summed E-state index contributed by atoms with van der Waals surface area (Å²) in [6.07, 6.45) is 0. The lowest BCUT2D eigenvalue weighted by molar-refractivity contribution is 0.632. The molecule has 0 fully saturated rings. The van der Waals surface area contributed by atoms with Crippen LogP contribution in [0.4, 0.5) is 42.9 Å². The number of hydrogen-bond acceptors (Lipinski definition) is 2. The topological polar surface area (TPSA) is 6.48 Å². The lowest BCUT2D eigenvalue weighted by Gasteiger charge is -2.31. The van der Waals surface area contributed by atoms with Gasteiger partial charge in [-0.2, -0.15) is 0 Å². The number of rotatable bonds is 10. The molecule has 0 saturated carbocycles. The first-order chi connectivity index (χ1) is 41.0. The third kappa shape index (κ3) is 7.82. The second-order valence-electron chi connectivity index (χ2n) is 19.9. The first-order valence-corrected chi connectivity index (χ1v) is 25.4. The van der Waals surface area contributed by atoms with E-state index in [1.54, 1.807) is 24.3 Å². The molecular weight excluding hydrogens is 931 g/mol. The summed E-state index contributed by atoms with van der Waals surface area (Å²) in [6, 6.07) is 38.9. The average molecular weight is 999 g/mol. The number of nitrogens with zero attached hydrogens (tertiary/aromatic N) is 2. The fourth-order valence-corrected chi connectivity index (χ4v) is 11.9. The molecule has 2 nitrogen and oxygen atoms in total. The quantitative estimate of drug-likeness (QED) is 0.126. The van der Waals surface area contributed by atoms with Crippen LogP contribution in [-0.2, 0) is 0 Å². The van der Waals surface area contributed by atoms with Gasteiger partial charge in [0.15, 0.2) is 11.6 Å². The number of halogens is 2. The molecule has 0 N–H and O–H groups in total. The molecule has 0 saturated heterocycles. The molecule has 370 valence electrons. The van der Waals surface area contributed by atoms with Gasteiger partial charge >= 0.3 is 0 Å². The van der Waals surface area contributed by atoms with Crippen LogP contribution in [0.1, 0.15) is 58.2 Å². The highest BCUT2D eigenvalue weighted by atomic mass is 19.1. The Morgan fingerprint density at radius 1 is 0.303 bits per heavy atom. The van der Waals surface area contributed by atoms with Gasteiger partial charge in [-0.15, -0.1) is 0 Å². The maximum atomic E-state index is 19.1. The molecule has 12 aromatic rings. The number of benzene rings is 12.